The fourth-order valence-corrected chi connectivity index (χ4v) is 7.39. The maximum absolute atomic E-state index is 7.00. The van der Waals surface area contributed by atoms with Crippen molar-refractivity contribution in [2.24, 2.45) is 0 Å². The molecule has 0 N–H and O–H groups in total. The second-order valence-electron chi connectivity index (χ2n) is 12.5. The van der Waals surface area contributed by atoms with Crippen LogP contribution in [-0.2, 0) is 0 Å². The maximum Gasteiger partial charge on any atom is 0.143 e. The minimum atomic E-state index is 0.816. The van der Waals surface area contributed by atoms with E-state index in [1.54, 1.807) is 0 Å². The van der Waals surface area contributed by atoms with Crippen LogP contribution in [0, 0.1) is 0 Å². The van der Waals surface area contributed by atoms with Crippen molar-refractivity contribution >= 4 is 49.8 Å². The molecule has 9 aromatic rings. The van der Waals surface area contributed by atoms with Crippen LogP contribution in [-0.4, -0.2) is 0 Å². The molecular formula is C46H29NO2. The first-order valence-electron chi connectivity index (χ1n) is 16.6. The summed E-state index contributed by atoms with van der Waals surface area (Å²) in [4.78, 5) is 2.33. The first-order valence-corrected chi connectivity index (χ1v) is 16.6. The number of anilines is 3. The van der Waals surface area contributed by atoms with Crippen LogP contribution in [0.1, 0.15) is 0 Å². The number of furan rings is 1. The van der Waals surface area contributed by atoms with Crippen LogP contribution in [0.25, 0.3) is 66.1 Å². The Morgan fingerprint density at radius 3 is 1.98 bits per heavy atom. The molecule has 1 aliphatic heterocycles. The van der Waals surface area contributed by atoms with Crippen molar-refractivity contribution in [3.8, 4) is 44.9 Å². The van der Waals surface area contributed by atoms with Crippen LogP contribution in [0.4, 0.5) is 17.1 Å². The number of fused-ring (bicyclic) bond motifs is 10. The highest BCUT2D eigenvalue weighted by Crippen LogP contribution is 2.54. The average Bonchev–Trinajstić information content (AvgIpc) is 3.46. The molecule has 0 spiro atoms. The van der Waals surface area contributed by atoms with Gasteiger partial charge in [-0.3, -0.25) is 0 Å². The zero-order valence-corrected chi connectivity index (χ0v) is 26.5. The molecule has 0 radical (unpaired) electrons. The quantitative estimate of drug-likeness (QED) is 0.194. The van der Waals surface area contributed by atoms with Crippen molar-refractivity contribution in [3.05, 3.63) is 176 Å². The highest BCUT2D eigenvalue weighted by molar-refractivity contribution is 6.07. The van der Waals surface area contributed by atoms with Gasteiger partial charge in [-0.05, 0) is 76.2 Å². The lowest BCUT2D eigenvalue weighted by atomic mass is 9.92. The third-order valence-corrected chi connectivity index (χ3v) is 9.68. The van der Waals surface area contributed by atoms with Crippen LogP contribution in [0.15, 0.2) is 180 Å². The largest absolute Gasteiger partial charge is 0.456 e. The summed E-state index contributed by atoms with van der Waals surface area (Å²) in [5.41, 5.74) is 11.5. The minimum absolute atomic E-state index is 0.816. The van der Waals surface area contributed by atoms with Gasteiger partial charge in [-0.1, -0.05) is 121 Å². The summed E-state index contributed by atoms with van der Waals surface area (Å²) in [5.74, 6) is 1.69. The Morgan fingerprint density at radius 2 is 1.10 bits per heavy atom. The number of rotatable bonds is 4. The van der Waals surface area contributed by atoms with E-state index in [2.05, 4.69) is 169 Å². The van der Waals surface area contributed by atoms with Gasteiger partial charge in [0, 0.05) is 44.7 Å². The van der Waals surface area contributed by atoms with Crippen molar-refractivity contribution in [2.45, 2.75) is 0 Å². The second kappa shape index (κ2) is 11.0. The highest BCUT2D eigenvalue weighted by atomic mass is 16.5. The monoisotopic (exact) mass is 627 g/mol. The predicted octanol–water partition coefficient (Wildman–Crippen LogP) is 13.3. The van der Waals surface area contributed by atoms with E-state index >= 15 is 0 Å². The third kappa shape index (κ3) is 4.44. The first-order chi connectivity index (χ1) is 24.3. The van der Waals surface area contributed by atoms with E-state index < -0.39 is 0 Å². The van der Waals surface area contributed by atoms with Crippen molar-refractivity contribution in [1.82, 2.24) is 0 Å². The van der Waals surface area contributed by atoms with Gasteiger partial charge in [0.1, 0.15) is 22.7 Å². The maximum atomic E-state index is 7.00. The second-order valence-corrected chi connectivity index (χ2v) is 12.5. The first kappa shape index (κ1) is 27.5. The number of benzene rings is 8. The average molecular weight is 628 g/mol. The summed E-state index contributed by atoms with van der Waals surface area (Å²) < 4.78 is 13.4. The van der Waals surface area contributed by atoms with Crippen LogP contribution in [0.2, 0.25) is 0 Å². The Balaban J connectivity index is 1.22. The molecule has 3 heteroatoms. The molecule has 0 saturated carbocycles. The smallest absolute Gasteiger partial charge is 0.143 e. The van der Waals surface area contributed by atoms with Gasteiger partial charge < -0.3 is 14.1 Å². The van der Waals surface area contributed by atoms with Gasteiger partial charge in [0.05, 0.1) is 5.69 Å². The van der Waals surface area contributed by atoms with Gasteiger partial charge >= 0.3 is 0 Å². The molecule has 230 valence electrons. The lowest BCUT2D eigenvalue weighted by Crippen LogP contribution is -2.11. The van der Waals surface area contributed by atoms with Crippen molar-refractivity contribution in [1.29, 1.82) is 0 Å². The molecule has 0 atom stereocenters. The molecule has 0 saturated heterocycles. The van der Waals surface area contributed by atoms with Gasteiger partial charge in [0.25, 0.3) is 0 Å². The summed E-state index contributed by atoms with van der Waals surface area (Å²) in [6, 6.07) is 61.9. The minimum Gasteiger partial charge on any atom is -0.456 e. The summed E-state index contributed by atoms with van der Waals surface area (Å²) in [6.07, 6.45) is 0. The molecule has 0 fully saturated rings. The molecule has 10 rings (SSSR count). The Labute approximate surface area is 283 Å². The Bertz CT molecular complexity index is 2690. The summed E-state index contributed by atoms with van der Waals surface area (Å²) in [6.45, 7) is 0. The molecule has 0 unspecified atom stereocenters. The topological polar surface area (TPSA) is 25.6 Å². The Hall–Kier alpha value is -6.58. The van der Waals surface area contributed by atoms with E-state index in [1.165, 1.54) is 11.1 Å². The summed E-state index contributed by atoms with van der Waals surface area (Å²) in [7, 11) is 0. The molecule has 49 heavy (non-hydrogen) atoms. The van der Waals surface area contributed by atoms with Crippen LogP contribution in [0.5, 0.6) is 11.5 Å². The van der Waals surface area contributed by atoms with E-state index in [9.17, 15) is 0 Å². The lowest BCUT2D eigenvalue weighted by molar-refractivity contribution is 0.493. The number of ether oxygens (including phenoxy) is 1. The fourth-order valence-electron chi connectivity index (χ4n) is 7.39. The zero-order chi connectivity index (χ0) is 32.3. The number of nitrogens with zero attached hydrogens (tertiary/aromatic N) is 1. The molecule has 0 aliphatic carbocycles. The number of para-hydroxylation sites is 1. The van der Waals surface area contributed by atoms with Crippen LogP contribution >= 0.6 is 0 Å². The van der Waals surface area contributed by atoms with Crippen molar-refractivity contribution in [2.75, 3.05) is 4.90 Å². The molecule has 3 nitrogen and oxygen atoms in total. The summed E-state index contributed by atoms with van der Waals surface area (Å²) in [5, 5.41) is 4.46. The molecule has 1 aliphatic rings. The van der Waals surface area contributed by atoms with E-state index in [-0.39, 0.29) is 0 Å². The standard InChI is InChI=1S/C46H29NO2/c1-2-11-30(12-3-1)31-21-24-33(25-22-31)47(34-26-28-38-37-16-8-9-19-42(37)48-44(38)29-34)41-18-10-20-43-45(41)39-17-7-6-15-36(39)40-27-23-32-13-4-5-14-35(32)46(40)49-43/h1-29H. The van der Waals surface area contributed by atoms with Crippen molar-refractivity contribution < 1.29 is 9.15 Å². The number of hydrogen-bond donors (Lipinski definition) is 0. The van der Waals surface area contributed by atoms with Crippen molar-refractivity contribution in [3.63, 3.8) is 0 Å². The van der Waals surface area contributed by atoms with Gasteiger partial charge in [-0.25, -0.2) is 0 Å². The van der Waals surface area contributed by atoms with E-state index in [1.807, 2.05) is 12.1 Å². The molecular weight excluding hydrogens is 599 g/mol. The molecule has 8 aromatic carbocycles. The van der Waals surface area contributed by atoms with Gasteiger partial charge in [-0.2, -0.15) is 0 Å². The molecule has 0 bridgehead atoms. The van der Waals surface area contributed by atoms with Gasteiger partial charge in [-0.15, -0.1) is 0 Å². The van der Waals surface area contributed by atoms with E-state index in [4.69, 9.17) is 9.15 Å². The van der Waals surface area contributed by atoms with Crippen LogP contribution in [0.3, 0.4) is 0 Å². The highest BCUT2D eigenvalue weighted by Gasteiger charge is 2.27. The zero-order valence-electron chi connectivity index (χ0n) is 26.5. The van der Waals surface area contributed by atoms with E-state index in [0.29, 0.717) is 0 Å². The summed E-state index contributed by atoms with van der Waals surface area (Å²) >= 11 is 0. The predicted molar refractivity (Wildman–Crippen MR) is 202 cm³/mol. The molecule has 0 amide bonds. The third-order valence-electron chi connectivity index (χ3n) is 9.68. The normalized spacial score (nSPS) is 11.8. The lowest BCUT2D eigenvalue weighted by Gasteiger charge is -2.29. The Morgan fingerprint density at radius 1 is 0.408 bits per heavy atom. The SMILES string of the molecule is c1ccc(-c2ccc(N(c3ccc4c(c3)oc3ccccc34)c3cccc4c3-c3ccccc3-c3ccc5ccccc5c3O4)cc2)cc1. The molecule has 1 aromatic heterocycles. The Kier molecular flexibility index (Phi) is 6.18. The van der Waals surface area contributed by atoms with Gasteiger partial charge in [0.15, 0.2) is 0 Å². The number of hydrogen-bond acceptors (Lipinski definition) is 3. The molecule has 2 heterocycles. The fraction of sp³-hybridized carbons (Fsp3) is 0. The van der Waals surface area contributed by atoms with E-state index in [0.717, 1.165) is 83.5 Å². The van der Waals surface area contributed by atoms with Crippen LogP contribution < -0.4 is 9.64 Å². The van der Waals surface area contributed by atoms with Gasteiger partial charge in [0.2, 0.25) is 0 Å².